The van der Waals surface area contributed by atoms with Crippen LogP contribution in [0.2, 0.25) is 0 Å². The van der Waals surface area contributed by atoms with Crippen molar-refractivity contribution >= 4 is 23.0 Å². The second kappa shape index (κ2) is 3.80. The Labute approximate surface area is 89.4 Å². The molecule has 0 amide bonds. The topological polar surface area (TPSA) is 6.48 Å². The number of anilines is 1. The van der Waals surface area contributed by atoms with Crippen LogP contribution in [0.5, 0.6) is 0 Å². The average Bonchev–Trinajstić information content (AvgIpc) is 2.23. The first-order chi connectivity index (χ1) is 6.79. The molecule has 14 heavy (non-hydrogen) atoms. The fourth-order valence-electron chi connectivity index (χ4n) is 1.42. The Morgan fingerprint density at radius 2 is 1.93 bits per heavy atom. The zero-order valence-corrected chi connectivity index (χ0v) is 8.87. The van der Waals surface area contributed by atoms with Crippen molar-refractivity contribution in [3.05, 3.63) is 42.6 Å². The van der Waals surface area contributed by atoms with Gasteiger partial charge in [0.25, 0.3) is 0 Å². The number of benzene rings is 1. The minimum atomic E-state index is 0.846. The summed E-state index contributed by atoms with van der Waals surface area (Å²) in [6.07, 6.45) is 4.13. The number of likely N-dealkylation sites (N-methyl/N-ethyl adjacent to an activating group) is 1. The molecule has 1 aromatic rings. The van der Waals surface area contributed by atoms with E-state index in [1.54, 1.807) is 0 Å². The molecule has 2 nitrogen and oxygen atoms in total. The van der Waals surface area contributed by atoms with Crippen molar-refractivity contribution in [1.29, 1.82) is 0 Å². The van der Waals surface area contributed by atoms with Gasteiger partial charge >= 0.3 is 0 Å². The largest absolute Gasteiger partial charge is 0.348 e. The molecule has 0 aromatic heterocycles. The van der Waals surface area contributed by atoms with Crippen LogP contribution in [0.3, 0.4) is 0 Å². The maximum Gasteiger partial charge on any atom is 0.180 e. The van der Waals surface area contributed by atoms with Crippen molar-refractivity contribution in [2.24, 2.45) is 0 Å². The molecule has 3 heteroatoms. The predicted octanol–water partition coefficient (Wildman–Crippen LogP) is 2.24. The summed E-state index contributed by atoms with van der Waals surface area (Å²) in [5.74, 6) is 0. The molecular formula is C11H12N2S. The summed E-state index contributed by atoms with van der Waals surface area (Å²) in [6.45, 7) is 0.891. The molecule has 0 atom stereocenters. The molecule has 0 aliphatic carbocycles. The van der Waals surface area contributed by atoms with Crippen molar-refractivity contribution in [1.82, 2.24) is 4.90 Å². The van der Waals surface area contributed by atoms with E-state index in [9.17, 15) is 0 Å². The monoisotopic (exact) mass is 204 g/mol. The van der Waals surface area contributed by atoms with Gasteiger partial charge in [-0.15, -0.1) is 0 Å². The van der Waals surface area contributed by atoms with Crippen molar-refractivity contribution in [2.45, 2.75) is 0 Å². The standard InChI is InChI=1S/C11H12N2S/c1-12-8-5-9-13(11(12)14)10-6-3-2-4-7-10/h2-7,9H,8H2,1H3. The summed E-state index contributed by atoms with van der Waals surface area (Å²) in [5, 5.41) is 0.846. The predicted molar refractivity (Wildman–Crippen MR) is 63.3 cm³/mol. The summed E-state index contributed by atoms with van der Waals surface area (Å²) in [7, 11) is 2.00. The second-order valence-corrected chi connectivity index (χ2v) is 3.62. The minimum absolute atomic E-state index is 0.846. The van der Waals surface area contributed by atoms with Crippen molar-refractivity contribution in [3.63, 3.8) is 0 Å². The van der Waals surface area contributed by atoms with Crippen molar-refractivity contribution in [3.8, 4) is 0 Å². The van der Waals surface area contributed by atoms with Crippen LogP contribution in [0.25, 0.3) is 0 Å². The zero-order chi connectivity index (χ0) is 9.97. The number of para-hydroxylation sites is 1. The van der Waals surface area contributed by atoms with E-state index in [0.717, 1.165) is 17.3 Å². The quantitative estimate of drug-likeness (QED) is 0.648. The normalized spacial score (nSPS) is 16.2. The second-order valence-electron chi connectivity index (χ2n) is 3.25. The summed E-state index contributed by atoms with van der Waals surface area (Å²) in [5.41, 5.74) is 1.11. The van der Waals surface area contributed by atoms with Gasteiger partial charge in [0, 0.05) is 25.5 Å². The van der Waals surface area contributed by atoms with Crippen molar-refractivity contribution in [2.75, 3.05) is 18.5 Å². The fraction of sp³-hybridized carbons (Fsp3) is 0.182. The third kappa shape index (κ3) is 1.63. The Hall–Kier alpha value is -1.35. The molecular weight excluding hydrogens is 192 g/mol. The first kappa shape index (κ1) is 9.21. The van der Waals surface area contributed by atoms with Gasteiger partial charge in [-0.3, -0.25) is 4.90 Å². The van der Waals surface area contributed by atoms with Gasteiger partial charge in [0.05, 0.1) is 0 Å². The van der Waals surface area contributed by atoms with Crippen LogP contribution in [-0.4, -0.2) is 23.6 Å². The third-order valence-corrected chi connectivity index (χ3v) is 2.71. The molecule has 2 rings (SSSR count). The highest BCUT2D eigenvalue weighted by atomic mass is 32.1. The number of rotatable bonds is 1. The van der Waals surface area contributed by atoms with Gasteiger partial charge in [-0.2, -0.15) is 0 Å². The molecule has 0 saturated heterocycles. The summed E-state index contributed by atoms with van der Waals surface area (Å²) in [4.78, 5) is 4.06. The van der Waals surface area contributed by atoms with Crippen LogP contribution in [-0.2, 0) is 0 Å². The molecule has 0 fully saturated rings. The molecule has 0 bridgehead atoms. The van der Waals surface area contributed by atoms with Crippen LogP contribution in [0.15, 0.2) is 42.6 Å². The molecule has 1 aromatic carbocycles. The lowest BCUT2D eigenvalue weighted by molar-refractivity contribution is 0.556. The number of hydrogen-bond acceptors (Lipinski definition) is 1. The highest BCUT2D eigenvalue weighted by Gasteiger charge is 2.15. The Morgan fingerprint density at radius 1 is 1.21 bits per heavy atom. The fourth-order valence-corrected chi connectivity index (χ4v) is 1.66. The van der Waals surface area contributed by atoms with Gasteiger partial charge in [-0.25, -0.2) is 0 Å². The Bertz CT molecular complexity index is 359. The van der Waals surface area contributed by atoms with E-state index in [0.29, 0.717) is 0 Å². The lowest BCUT2D eigenvalue weighted by Gasteiger charge is -2.31. The van der Waals surface area contributed by atoms with E-state index in [-0.39, 0.29) is 0 Å². The molecule has 1 aliphatic rings. The van der Waals surface area contributed by atoms with Crippen molar-refractivity contribution < 1.29 is 0 Å². The highest BCUT2D eigenvalue weighted by molar-refractivity contribution is 7.80. The summed E-state index contributed by atoms with van der Waals surface area (Å²) >= 11 is 5.33. The highest BCUT2D eigenvalue weighted by Crippen LogP contribution is 2.17. The minimum Gasteiger partial charge on any atom is -0.348 e. The molecule has 0 N–H and O–H groups in total. The first-order valence-electron chi connectivity index (χ1n) is 4.55. The van der Waals surface area contributed by atoms with Crippen LogP contribution < -0.4 is 4.90 Å². The lowest BCUT2D eigenvalue weighted by Crippen LogP contribution is -2.41. The van der Waals surface area contributed by atoms with E-state index in [1.807, 2.05) is 41.2 Å². The van der Waals surface area contributed by atoms with Crippen LogP contribution in [0.1, 0.15) is 0 Å². The Kier molecular flexibility index (Phi) is 2.50. The zero-order valence-electron chi connectivity index (χ0n) is 8.05. The SMILES string of the molecule is CN1CC=CN(c2ccccc2)C1=S. The first-order valence-corrected chi connectivity index (χ1v) is 4.96. The molecule has 72 valence electrons. The van der Waals surface area contributed by atoms with Crippen LogP contribution in [0, 0.1) is 0 Å². The van der Waals surface area contributed by atoms with Gasteiger partial charge in [-0.05, 0) is 30.4 Å². The van der Waals surface area contributed by atoms with E-state index in [1.165, 1.54) is 0 Å². The molecule has 0 spiro atoms. The number of nitrogens with zero attached hydrogens (tertiary/aromatic N) is 2. The molecule has 1 heterocycles. The van der Waals surface area contributed by atoms with Crippen LogP contribution in [0.4, 0.5) is 5.69 Å². The van der Waals surface area contributed by atoms with Crippen LogP contribution >= 0.6 is 12.2 Å². The third-order valence-electron chi connectivity index (χ3n) is 2.20. The van der Waals surface area contributed by atoms with Gasteiger partial charge in [0.15, 0.2) is 5.11 Å². The smallest absolute Gasteiger partial charge is 0.180 e. The summed E-state index contributed by atoms with van der Waals surface area (Å²) < 4.78 is 0. The molecule has 0 radical (unpaired) electrons. The Balaban J connectivity index is 2.31. The number of hydrogen-bond donors (Lipinski definition) is 0. The van der Waals surface area contributed by atoms with E-state index in [4.69, 9.17) is 12.2 Å². The van der Waals surface area contributed by atoms with Gasteiger partial charge < -0.3 is 4.90 Å². The van der Waals surface area contributed by atoms with Gasteiger partial charge in [-0.1, -0.05) is 18.2 Å². The molecule has 0 unspecified atom stereocenters. The van der Waals surface area contributed by atoms with Gasteiger partial charge in [0.2, 0.25) is 0 Å². The maximum absolute atomic E-state index is 5.33. The Morgan fingerprint density at radius 3 is 2.64 bits per heavy atom. The van der Waals surface area contributed by atoms with Gasteiger partial charge in [0.1, 0.15) is 0 Å². The maximum atomic E-state index is 5.33. The van der Waals surface area contributed by atoms with E-state index < -0.39 is 0 Å². The molecule has 0 saturated carbocycles. The van der Waals surface area contributed by atoms with E-state index in [2.05, 4.69) is 18.2 Å². The summed E-state index contributed by atoms with van der Waals surface area (Å²) in [6, 6.07) is 10.1. The lowest BCUT2D eigenvalue weighted by atomic mass is 10.3. The number of thiocarbonyl (C=S) groups is 1. The van der Waals surface area contributed by atoms with E-state index >= 15 is 0 Å². The molecule has 1 aliphatic heterocycles. The average molecular weight is 204 g/mol.